The van der Waals surface area contributed by atoms with Crippen LogP contribution in [0.25, 0.3) is 5.69 Å². The smallest absolute Gasteiger partial charge is 0.255 e. The third kappa shape index (κ3) is 4.39. The van der Waals surface area contributed by atoms with E-state index in [0.29, 0.717) is 11.6 Å². The van der Waals surface area contributed by atoms with Crippen LogP contribution in [0.2, 0.25) is 0 Å². The molecule has 1 saturated heterocycles. The van der Waals surface area contributed by atoms with E-state index in [0.717, 1.165) is 43.2 Å². The van der Waals surface area contributed by atoms with Crippen LogP contribution in [0.15, 0.2) is 60.8 Å². The highest BCUT2D eigenvalue weighted by atomic mass is 16.1. The summed E-state index contributed by atoms with van der Waals surface area (Å²) in [5.74, 6) is -0.111. The van der Waals surface area contributed by atoms with Crippen molar-refractivity contribution in [2.24, 2.45) is 0 Å². The minimum atomic E-state index is -0.111. The maximum Gasteiger partial charge on any atom is 0.255 e. The van der Waals surface area contributed by atoms with Gasteiger partial charge >= 0.3 is 0 Å². The molecular weight excluding hydrogens is 374 g/mol. The molecule has 2 heterocycles. The summed E-state index contributed by atoms with van der Waals surface area (Å²) in [6.45, 7) is 10.7. The van der Waals surface area contributed by atoms with Crippen LogP contribution >= 0.6 is 0 Å². The second-order valence-corrected chi connectivity index (χ2v) is 8.05. The minimum absolute atomic E-state index is 0.111. The van der Waals surface area contributed by atoms with Gasteiger partial charge in [-0.25, -0.2) is 4.68 Å². The van der Waals surface area contributed by atoms with Crippen molar-refractivity contribution in [1.82, 2.24) is 14.7 Å². The zero-order chi connectivity index (χ0) is 21.1. The van der Waals surface area contributed by atoms with Crippen LogP contribution in [0, 0.1) is 6.92 Å². The van der Waals surface area contributed by atoms with Crippen molar-refractivity contribution in [2.45, 2.75) is 26.8 Å². The van der Waals surface area contributed by atoms with E-state index < -0.39 is 0 Å². The number of rotatable bonds is 5. The first-order chi connectivity index (χ1) is 14.5. The topological polar surface area (TPSA) is 53.4 Å². The molecule has 0 radical (unpaired) electrons. The Labute approximate surface area is 178 Å². The molecule has 0 saturated carbocycles. The minimum Gasteiger partial charge on any atom is -0.369 e. The number of hydrogen-bond donors (Lipinski definition) is 1. The Morgan fingerprint density at radius 2 is 1.70 bits per heavy atom. The molecule has 156 valence electrons. The molecule has 1 aromatic heterocycles. The fourth-order valence-electron chi connectivity index (χ4n) is 3.88. The van der Waals surface area contributed by atoms with Gasteiger partial charge in [0.15, 0.2) is 0 Å². The zero-order valence-corrected chi connectivity index (χ0v) is 17.9. The quantitative estimate of drug-likeness (QED) is 0.701. The standard InChI is InChI=1S/C24H29N5O/c1-18(2)27-13-15-28(16-14-27)22-9-7-20(8-10-22)24(30)26-21-5-4-6-23(17-21)29-19(3)11-12-25-29/h4-12,17-18H,13-16H2,1-3H3,(H,26,30). The molecule has 0 aliphatic carbocycles. The highest BCUT2D eigenvalue weighted by Gasteiger charge is 2.19. The number of hydrogen-bond acceptors (Lipinski definition) is 4. The second-order valence-electron chi connectivity index (χ2n) is 8.05. The number of nitrogens with one attached hydrogen (secondary N) is 1. The first-order valence-electron chi connectivity index (χ1n) is 10.5. The van der Waals surface area contributed by atoms with Gasteiger partial charge in [0.05, 0.1) is 5.69 Å². The summed E-state index contributed by atoms with van der Waals surface area (Å²) < 4.78 is 1.85. The number of piperazine rings is 1. The Kier molecular flexibility index (Phi) is 5.86. The lowest BCUT2D eigenvalue weighted by Crippen LogP contribution is -2.48. The molecule has 30 heavy (non-hydrogen) atoms. The van der Waals surface area contributed by atoms with Crippen molar-refractivity contribution in [2.75, 3.05) is 36.4 Å². The molecular formula is C24H29N5O. The van der Waals surface area contributed by atoms with Crippen LogP contribution in [-0.2, 0) is 0 Å². The predicted octanol–water partition coefficient (Wildman–Crippen LogP) is 3.96. The summed E-state index contributed by atoms with van der Waals surface area (Å²) in [6, 6.07) is 18.2. The van der Waals surface area contributed by atoms with E-state index in [9.17, 15) is 4.79 Å². The van der Waals surface area contributed by atoms with Crippen LogP contribution in [-0.4, -0.2) is 52.8 Å². The molecule has 0 spiro atoms. The van der Waals surface area contributed by atoms with Crippen molar-refractivity contribution in [3.8, 4) is 5.69 Å². The highest BCUT2D eigenvalue weighted by molar-refractivity contribution is 6.04. The van der Waals surface area contributed by atoms with Crippen molar-refractivity contribution < 1.29 is 4.79 Å². The van der Waals surface area contributed by atoms with Crippen molar-refractivity contribution in [3.63, 3.8) is 0 Å². The van der Waals surface area contributed by atoms with Crippen LogP contribution in [0.1, 0.15) is 29.9 Å². The molecule has 2 aromatic carbocycles. The van der Waals surface area contributed by atoms with Crippen molar-refractivity contribution >= 4 is 17.3 Å². The number of nitrogens with zero attached hydrogens (tertiary/aromatic N) is 4. The molecule has 1 amide bonds. The van der Waals surface area contributed by atoms with Gasteiger partial charge in [0, 0.05) is 61.0 Å². The number of aromatic nitrogens is 2. The van der Waals surface area contributed by atoms with E-state index in [2.05, 4.69) is 34.1 Å². The van der Waals surface area contributed by atoms with Gasteiger partial charge in [-0.05, 0) is 69.3 Å². The normalized spacial score (nSPS) is 14.9. The Hall–Kier alpha value is -3.12. The lowest BCUT2D eigenvalue weighted by Gasteiger charge is -2.38. The van der Waals surface area contributed by atoms with Crippen LogP contribution in [0.3, 0.4) is 0 Å². The fraction of sp³-hybridized carbons (Fsp3) is 0.333. The molecule has 0 unspecified atom stereocenters. The maximum absolute atomic E-state index is 12.7. The Morgan fingerprint density at radius 1 is 0.967 bits per heavy atom. The highest BCUT2D eigenvalue weighted by Crippen LogP contribution is 2.20. The van der Waals surface area contributed by atoms with Crippen molar-refractivity contribution in [1.29, 1.82) is 0 Å². The van der Waals surface area contributed by atoms with Gasteiger partial charge in [0.1, 0.15) is 0 Å². The summed E-state index contributed by atoms with van der Waals surface area (Å²) in [4.78, 5) is 17.6. The summed E-state index contributed by atoms with van der Waals surface area (Å²) in [7, 11) is 0. The molecule has 6 nitrogen and oxygen atoms in total. The Balaban J connectivity index is 1.41. The Morgan fingerprint density at radius 3 is 2.33 bits per heavy atom. The first-order valence-corrected chi connectivity index (χ1v) is 10.5. The van der Waals surface area contributed by atoms with E-state index in [4.69, 9.17) is 0 Å². The van der Waals surface area contributed by atoms with Crippen LogP contribution < -0.4 is 10.2 Å². The molecule has 1 N–H and O–H groups in total. The molecule has 0 atom stereocenters. The third-order valence-corrected chi connectivity index (χ3v) is 5.72. The molecule has 3 aromatic rings. The first kappa shape index (κ1) is 20.2. The molecule has 1 aliphatic rings. The second kappa shape index (κ2) is 8.71. The van der Waals surface area contributed by atoms with Gasteiger partial charge in [0.25, 0.3) is 5.91 Å². The lowest BCUT2D eigenvalue weighted by molar-refractivity contribution is 0.102. The van der Waals surface area contributed by atoms with Gasteiger partial charge < -0.3 is 10.2 Å². The monoisotopic (exact) mass is 403 g/mol. The maximum atomic E-state index is 12.7. The van der Waals surface area contributed by atoms with E-state index in [1.807, 2.05) is 66.2 Å². The number of carbonyl (C=O) groups is 1. The van der Waals surface area contributed by atoms with Gasteiger partial charge in [0.2, 0.25) is 0 Å². The summed E-state index contributed by atoms with van der Waals surface area (Å²) in [5, 5.41) is 7.33. The summed E-state index contributed by atoms with van der Waals surface area (Å²) in [5.41, 5.74) is 4.54. The van der Waals surface area contributed by atoms with Crippen LogP contribution in [0.5, 0.6) is 0 Å². The number of amides is 1. The van der Waals surface area contributed by atoms with Gasteiger partial charge in [-0.3, -0.25) is 9.69 Å². The molecule has 4 rings (SSSR count). The number of carbonyl (C=O) groups excluding carboxylic acids is 1. The van der Waals surface area contributed by atoms with E-state index in [-0.39, 0.29) is 5.91 Å². The van der Waals surface area contributed by atoms with Crippen molar-refractivity contribution in [3.05, 3.63) is 72.1 Å². The number of benzene rings is 2. The number of aryl methyl sites for hydroxylation is 1. The lowest BCUT2D eigenvalue weighted by atomic mass is 10.1. The summed E-state index contributed by atoms with van der Waals surface area (Å²) in [6.07, 6.45) is 1.77. The molecule has 1 aliphatic heterocycles. The predicted molar refractivity (Wildman–Crippen MR) is 122 cm³/mol. The van der Waals surface area contributed by atoms with E-state index in [1.165, 1.54) is 5.69 Å². The average Bonchev–Trinajstić information content (AvgIpc) is 3.20. The summed E-state index contributed by atoms with van der Waals surface area (Å²) >= 11 is 0. The molecule has 1 fully saturated rings. The third-order valence-electron chi connectivity index (χ3n) is 5.72. The average molecular weight is 404 g/mol. The molecule has 6 heteroatoms. The fourth-order valence-corrected chi connectivity index (χ4v) is 3.88. The SMILES string of the molecule is Cc1ccnn1-c1cccc(NC(=O)c2ccc(N3CCN(C(C)C)CC3)cc2)c1. The number of anilines is 2. The van der Waals surface area contributed by atoms with Gasteiger partial charge in [-0.15, -0.1) is 0 Å². The van der Waals surface area contributed by atoms with Gasteiger partial charge in [-0.2, -0.15) is 5.10 Å². The van der Waals surface area contributed by atoms with Gasteiger partial charge in [-0.1, -0.05) is 6.07 Å². The van der Waals surface area contributed by atoms with E-state index in [1.54, 1.807) is 6.20 Å². The largest absolute Gasteiger partial charge is 0.369 e. The molecule has 0 bridgehead atoms. The van der Waals surface area contributed by atoms with Crippen LogP contribution in [0.4, 0.5) is 11.4 Å². The van der Waals surface area contributed by atoms with E-state index >= 15 is 0 Å². The zero-order valence-electron chi connectivity index (χ0n) is 17.9. The Bertz CT molecular complexity index is 1000.